The number of nitrogens with one attached hydrogen (secondary N) is 2. The normalized spacial score (nSPS) is 13.9. The number of ether oxygens (including phenoxy) is 1. The van der Waals surface area contributed by atoms with Crippen LogP contribution in [0.25, 0.3) is 5.57 Å². The molecule has 0 aromatic heterocycles. The average molecular weight is 443 g/mol. The van der Waals surface area contributed by atoms with Crippen molar-refractivity contribution in [1.82, 2.24) is 4.90 Å². The Kier molecular flexibility index (Phi) is 6.99. The van der Waals surface area contributed by atoms with E-state index < -0.39 is 23.4 Å². The molecule has 0 unspecified atom stereocenters. The molecule has 1 heterocycles. The van der Waals surface area contributed by atoms with Crippen molar-refractivity contribution in [3.63, 3.8) is 0 Å². The largest absolute Gasteiger partial charge is 0.377 e. The number of anilines is 2. The first-order valence-corrected chi connectivity index (χ1v) is 9.99. The van der Waals surface area contributed by atoms with Crippen LogP contribution in [-0.2, 0) is 19.1 Å². The number of hydrogen-bond donors (Lipinski definition) is 2. The number of carbonyl (C=O) groups is 3. The molecule has 0 saturated carbocycles. The van der Waals surface area contributed by atoms with E-state index in [1.807, 2.05) is 13.8 Å². The summed E-state index contributed by atoms with van der Waals surface area (Å²) in [6, 6.07) is 9.48. The quantitative estimate of drug-likeness (QED) is 0.610. The summed E-state index contributed by atoms with van der Waals surface area (Å²) in [5, 5.41) is 5.39. The fourth-order valence-electron chi connectivity index (χ4n) is 3.18. The lowest BCUT2D eigenvalue weighted by Crippen LogP contribution is -2.35. The van der Waals surface area contributed by atoms with E-state index in [0.717, 1.165) is 17.0 Å². The number of hydrogen-bond acceptors (Lipinski definition) is 5. The van der Waals surface area contributed by atoms with Gasteiger partial charge in [0.1, 0.15) is 5.70 Å². The third-order valence-electron chi connectivity index (χ3n) is 4.62. The summed E-state index contributed by atoms with van der Waals surface area (Å²) in [7, 11) is 0. The fraction of sp³-hybridized carbons (Fsp3) is 0.261. The van der Waals surface area contributed by atoms with E-state index in [-0.39, 0.29) is 42.1 Å². The molecule has 0 aliphatic carbocycles. The Labute approximate surface area is 184 Å². The molecule has 1 aliphatic heterocycles. The molecule has 2 aromatic rings. The number of imide groups is 1. The highest BCUT2D eigenvalue weighted by atomic mass is 19.2. The summed E-state index contributed by atoms with van der Waals surface area (Å²) in [6.45, 7) is 5.24. The first-order valence-electron chi connectivity index (χ1n) is 9.99. The van der Waals surface area contributed by atoms with Crippen LogP contribution in [0, 0.1) is 11.6 Å². The van der Waals surface area contributed by atoms with Gasteiger partial charge in [0.25, 0.3) is 11.8 Å². The second-order valence-electron chi connectivity index (χ2n) is 7.44. The summed E-state index contributed by atoms with van der Waals surface area (Å²) < 4.78 is 32.4. The van der Waals surface area contributed by atoms with Crippen LogP contribution in [0.15, 0.2) is 48.2 Å². The lowest BCUT2D eigenvalue weighted by atomic mass is 10.0. The molecule has 0 saturated heterocycles. The van der Waals surface area contributed by atoms with Crippen molar-refractivity contribution >= 4 is 34.7 Å². The molecule has 0 bridgehead atoms. The minimum atomic E-state index is -1.09. The minimum absolute atomic E-state index is 0.0340. The van der Waals surface area contributed by atoms with Crippen molar-refractivity contribution in [2.45, 2.75) is 26.9 Å². The van der Waals surface area contributed by atoms with E-state index in [1.54, 1.807) is 24.3 Å². The van der Waals surface area contributed by atoms with E-state index in [9.17, 15) is 23.2 Å². The van der Waals surface area contributed by atoms with Gasteiger partial charge < -0.3 is 15.4 Å². The lowest BCUT2D eigenvalue weighted by Gasteiger charge is -2.16. The van der Waals surface area contributed by atoms with Gasteiger partial charge in [-0.2, -0.15) is 0 Å². The predicted octanol–water partition coefficient (Wildman–Crippen LogP) is 3.54. The van der Waals surface area contributed by atoms with E-state index in [0.29, 0.717) is 11.3 Å². The lowest BCUT2D eigenvalue weighted by molar-refractivity contribution is -0.138. The third-order valence-corrected chi connectivity index (χ3v) is 4.62. The molecule has 3 amide bonds. The number of halogens is 2. The van der Waals surface area contributed by atoms with Crippen LogP contribution in [0.5, 0.6) is 0 Å². The summed E-state index contributed by atoms with van der Waals surface area (Å²) in [5.41, 5.74) is 1.09. The van der Waals surface area contributed by atoms with Gasteiger partial charge in [0.2, 0.25) is 5.91 Å². The van der Waals surface area contributed by atoms with Gasteiger partial charge in [-0.3, -0.25) is 19.3 Å². The standard InChI is InChI=1S/C23H23F2N3O4/c1-13(2)32-11-10-28-22(30)20(15-4-6-16(7-5-15)26-14(3)29)21(23(28)31)27-17-8-9-18(24)19(25)12-17/h4-9,12-13,27H,10-11H2,1-3H3,(H,26,29). The molecule has 0 spiro atoms. The van der Waals surface area contributed by atoms with Gasteiger partial charge in [-0.15, -0.1) is 0 Å². The number of carbonyl (C=O) groups excluding carboxylic acids is 3. The molecule has 0 fully saturated rings. The van der Waals surface area contributed by atoms with Gasteiger partial charge in [0.05, 0.1) is 24.8 Å². The zero-order chi connectivity index (χ0) is 23.4. The SMILES string of the molecule is CC(=O)Nc1ccc(C2=C(Nc3ccc(F)c(F)c3)C(=O)N(CCOC(C)C)C2=O)cc1. The number of amides is 3. The van der Waals surface area contributed by atoms with Crippen molar-refractivity contribution in [1.29, 1.82) is 0 Å². The molecule has 32 heavy (non-hydrogen) atoms. The van der Waals surface area contributed by atoms with Crippen molar-refractivity contribution in [2.75, 3.05) is 23.8 Å². The van der Waals surface area contributed by atoms with Gasteiger partial charge in [0, 0.05) is 24.4 Å². The number of benzene rings is 2. The second kappa shape index (κ2) is 9.69. The second-order valence-corrected chi connectivity index (χ2v) is 7.44. The zero-order valence-electron chi connectivity index (χ0n) is 17.9. The number of rotatable bonds is 8. The maximum Gasteiger partial charge on any atom is 0.278 e. The first-order chi connectivity index (χ1) is 15.2. The third kappa shape index (κ3) is 5.17. The van der Waals surface area contributed by atoms with E-state index in [1.165, 1.54) is 13.0 Å². The molecular weight excluding hydrogens is 420 g/mol. The number of nitrogens with zero attached hydrogens (tertiary/aromatic N) is 1. The van der Waals surface area contributed by atoms with Crippen molar-refractivity contribution in [2.24, 2.45) is 0 Å². The van der Waals surface area contributed by atoms with Gasteiger partial charge in [-0.1, -0.05) is 12.1 Å². The Morgan fingerprint density at radius 1 is 1.00 bits per heavy atom. The predicted molar refractivity (Wildman–Crippen MR) is 115 cm³/mol. The van der Waals surface area contributed by atoms with Crippen molar-refractivity contribution in [3.05, 3.63) is 65.4 Å². The first kappa shape index (κ1) is 23.1. The summed E-state index contributed by atoms with van der Waals surface area (Å²) in [5.74, 6) is -3.51. The van der Waals surface area contributed by atoms with Crippen LogP contribution < -0.4 is 10.6 Å². The van der Waals surface area contributed by atoms with E-state index in [2.05, 4.69) is 10.6 Å². The molecule has 1 aliphatic rings. The molecule has 9 heteroatoms. The van der Waals surface area contributed by atoms with Gasteiger partial charge in [-0.25, -0.2) is 8.78 Å². The summed E-state index contributed by atoms with van der Waals surface area (Å²) in [6.07, 6.45) is -0.0728. The van der Waals surface area contributed by atoms with Crippen molar-refractivity contribution in [3.8, 4) is 0 Å². The Morgan fingerprint density at radius 2 is 1.66 bits per heavy atom. The highest BCUT2D eigenvalue weighted by Crippen LogP contribution is 2.31. The van der Waals surface area contributed by atoms with E-state index >= 15 is 0 Å². The molecule has 0 radical (unpaired) electrons. The molecular formula is C23H23F2N3O4. The topological polar surface area (TPSA) is 87.7 Å². The summed E-state index contributed by atoms with van der Waals surface area (Å²) >= 11 is 0. The molecule has 0 atom stereocenters. The monoisotopic (exact) mass is 443 g/mol. The van der Waals surface area contributed by atoms with Crippen LogP contribution >= 0.6 is 0 Å². The Balaban J connectivity index is 1.96. The Bertz CT molecular complexity index is 1080. The highest BCUT2D eigenvalue weighted by molar-refractivity contribution is 6.36. The molecule has 168 valence electrons. The molecule has 2 aromatic carbocycles. The van der Waals surface area contributed by atoms with Crippen molar-refractivity contribution < 1.29 is 27.9 Å². The van der Waals surface area contributed by atoms with Crippen LogP contribution in [0.2, 0.25) is 0 Å². The fourth-order valence-corrected chi connectivity index (χ4v) is 3.18. The van der Waals surface area contributed by atoms with Crippen LogP contribution in [0.4, 0.5) is 20.2 Å². The molecule has 2 N–H and O–H groups in total. The molecule has 3 rings (SSSR count). The Hall–Kier alpha value is -3.59. The van der Waals surface area contributed by atoms with Gasteiger partial charge in [0.15, 0.2) is 11.6 Å². The van der Waals surface area contributed by atoms with Crippen LogP contribution in [0.3, 0.4) is 0 Å². The minimum Gasteiger partial charge on any atom is -0.377 e. The van der Waals surface area contributed by atoms with Crippen LogP contribution in [0.1, 0.15) is 26.3 Å². The smallest absolute Gasteiger partial charge is 0.278 e. The summed E-state index contributed by atoms with van der Waals surface area (Å²) in [4.78, 5) is 38.5. The maximum absolute atomic E-state index is 13.7. The van der Waals surface area contributed by atoms with Gasteiger partial charge >= 0.3 is 0 Å². The average Bonchev–Trinajstić information content (AvgIpc) is 2.95. The molecule has 7 nitrogen and oxygen atoms in total. The highest BCUT2D eigenvalue weighted by Gasteiger charge is 2.39. The van der Waals surface area contributed by atoms with Crippen LogP contribution in [-0.4, -0.2) is 41.9 Å². The zero-order valence-corrected chi connectivity index (χ0v) is 17.9. The van der Waals surface area contributed by atoms with E-state index in [4.69, 9.17) is 4.74 Å². The van der Waals surface area contributed by atoms with Gasteiger partial charge in [-0.05, 0) is 43.7 Å². The maximum atomic E-state index is 13.7. The Morgan fingerprint density at radius 3 is 2.25 bits per heavy atom.